The number of rotatable bonds is 4. The Balaban J connectivity index is 2.04. The van der Waals surface area contributed by atoms with Crippen LogP contribution in [-0.4, -0.2) is 37.9 Å². The fourth-order valence-corrected chi connectivity index (χ4v) is 2.68. The average molecular weight is 263 g/mol. The topological polar surface area (TPSA) is 49.8 Å². The third kappa shape index (κ3) is 3.26. The summed E-state index contributed by atoms with van der Waals surface area (Å²) in [7, 11) is 1.75. The molecule has 0 aromatic heterocycles. The molecule has 1 fully saturated rings. The molecule has 0 radical (unpaired) electrons. The van der Waals surface area contributed by atoms with E-state index in [9.17, 15) is 4.79 Å². The summed E-state index contributed by atoms with van der Waals surface area (Å²) >= 11 is 0. The molecular weight excluding hydrogens is 242 g/mol. The second-order valence-electron chi connectivity index (χ2n) is 5.19. The van der Waals surface area contributed by atoms with Crippen LogP contribution >= 0.6 is 0 Å². The maximum absolute atomic E-state index is 11.0. The number of anilines is 1. The Morgan fingerprint density at radius 2 is 2.11 bits per heavy atom. The smallest absolute Gasteiger partial charge is 0.335 e. The van der Waals surface area contributed by atoms with Gasteiger partial charge in [0.15, 0.2) is 0 Å². The van der Waals surface area contributed by atoms with Crippen LogP contribution in [0.2, 0.25) is 0 Å². The molecule has 4 heteroatoms. The van der Waals surface area contributed by atoms with E-state index in [1.54, 1.807) is 13.2 Å². The minimum atomic E-state index is -0.858. The second kappa shape index (κ2) is 6.06. The summed E-state index contributed by atoms with van der Waals surface area (Å²) in [5.41, 5.74) is 2.33. The van der Waals surface area contributed by atoms with Gasteiger partial charge in [0.25, 0.3) is 0 Å². The molecule has 0 bridgehead atoms. The quantitative estimate of drug-likeness (QED) is 0.907. The molecular formula is C15H21NO3. The number of carbonyl (C=O) groups is 1. The van der Waals surface area contributed by atoms with Crippen molar-refractivity contribution in [3.8, 4) is 0 Å². The van der Waals surface area contributed by atoms with Crippen LogP contribution in [0.5, 0.6) is 0 Å². The zero-order chi connectivity index (χ0) is 13.8. The van der Waals surface area contributed by atoms with Gasteiger partial charge < -0.3 is 14.7 Å². The number of ether oxygens (including phenoxy) is 1. The van der Waals surface area contributed by atoms with Gasteiger partial charge in [-0.05, 0) is 49.4 Å². The molecule has 19 heavy (non-hydrogen) atoms. The SMILES string of the molecule is COCC1CCN(c2ccc(C(=O)O)c(C)c2)CC1. The van der Waals surface area contributed by atoms with Crippen molar-refractivity contribution in [1.29, 1.82) is 0 Å². The van der Waals surface area contributed by atoms with Gasteiger partial charge in [-0.3, -0.25) is 0 Å². The molecule has 1 aliphatic heterocycles. The van der Waals surface area contributed by atoms with Gasteiger partial charge in [-0.2, -0.15) is 0 Å². The van der Waals surface area contributed by atoms with Crippen LogP contribution < -0.4 is 4.90 Å². The highest BCUT2D eigenvalue weighted by molar-refractivity contribution is 5.89. The molecule has 4 nitrogen and oxygen atoms in total. The Morgan fingerprint density at radius 1 is 1.42 bits per heavy atom. The van der Waals surface area contributed by atoms with Crippen molar-refractivity contribution < 1.29 is 14.6 Å². The van der Waals surface area contributed by atoms with Crippen molar-refractivity contribution in [2.75, 3.05) is 31.7 Å². The Bertz CT molecular complexity index is 451. The lowest BCUT2D eigenvalue weighted by atomic mass is 9.97. The summed E-state index contributed by atoms with van der Waals surface area (Å²) in [5, 5.41) is 9.03. The number of methoxy groups -OCH3 is 1. The number of piperidine rings is 1. The number of aromatic carboxylic acids is 1. The summed E-state index contributed by atoms with van der Waals surface area (Å²) < 4.78 is 5.20. The van der Waals surface area contributed by atoms with Gasteiger partial charge in [-0.15, -0.1) is 0 Å². The van der Waals surface area contributed by atoms with Crippen LogP contribution in [0.4, 0.5) is 5.69 Å². The van der Waals surface area contributed by atoms with Gasteiger partial charge in [0.2, 0.25) is 0 Å². The fourth-order valence-electron chi connectivity index (χ4n) is 2.68. The summed E-state index contributed by atoms with van der Waals surface area (Å²) in [6.45, 7) is 4.72. The predicted molar refractivity (Wildman–Crippen MR) is 75.0 cm³/mol. The van der Waals surface area contributed by atoms with E-state index in [4.69, 9.17) is 9.84 Å². The van der Waals surface area contributed by atoms with Crippen molar-refractivity contribution in [2.24, 2.45) is 5.92 Å². The second-order valence-corrected chi connectivity index (χ2v) is 5.19. The zero-order valence-electron chi connectivity index (χ0n) is 11.6. The minimum absolute atomic E-state index is 0.387. The summed E-state index contributed by atoms with van der Waals surface area (Å²) in [6, 6.07) is 5.58. The van der Waals surface area contributed by atoms with Crippen molar-refractivity contribution in [1.82, 2.24) is 0 Å². The molecule has 1 N–H and O–H groups in total. The summed E-state index contributed by atoms with van der Waals surface area (Å²) in [5.74, 6) is -0.205. The standard InChI is InChI=1S/C15H21NO3/c1-11-9-13(3-4-14(11)15(17)18)16-7-5-12(6-8-16)10-19-2/h3-4,9,12H,5-8,10H2,1-2H3,(H,17,18). The van der Waals surface area contributed by atoms with E-state index in [0.717, 1.165) is 43.8 Å². The van der Waals surface area contributed by atoms with E-state index < -0.39 is 5.97 Å². The third-order valence-electron chi connectivity index (χ3n) is 3.82. The minimum Gasteiger partial charge on any atom is -0.478 e. The van der Waals surface area contributed by atoms with Gasteiger partial charge in [-0.1, -0.05) is 0 Å². The Labute approximate surface area is 114 Å². The molecule has 104 valence electrons. The molecule has 1 aliphatic rings. The maximum Gasteiger partial charge on any atom is 0.335 e. The number of carboxylic acids is 1. The Hall–Kier alpha value is -1.55. The predicted octanol–water partition coefficient (Wildman–Crippen LogP) is 2.56. The lowest BCUT2D eigenvalue weighted by Crippen LogP contribution is -2.35. The van der Waals surface area contributed by atoms with E-state index in [2.05, 4.69) is 4.90 Å². The van der Waals surface area contributed by atoms with E-state index in [0.29, 0.717) is 11.5 Å². The van der Waals surface area contributed by atoms with Gasteiger partial charge in [0.05, 0.1) is 5.56 Å². The first-order valence-corrected chi connectivity index (χ1v) is 6.69. The first-order chi connectivity index (χ1) is 9.11. The molecule has 0 atom stereocenters. The van der Waals surface area contributed by atoms with Gasteiger partial charge in [0.1, 0.15) is 0 Å². The van der Waals surface area contributed by atoms with E-state index >= 15 is 0 Å². The number of aryl methyl sites for hydroxylation is 1. The van der Waals surface area contributed by atoms with Crippen LogP contribution in [0.15, 0.2) is 18.2 Å². The molecule has 0 unspecified atom stereocenters. The number of hydrogen-bond acceptors (Lipinski definition) is 3. The molecule has 0 aliphatic carbocycles. The molecule has 0 saturated carbocycles. The van der Waals surface area contributed by atoms with Crippen molar-refractivity contribution in [2.45, 2.75) is 19.8 Å². The Morgan fingerprint density at radius 3 is 2.63 bits per heavy atom. The molecule has 1 saturated heterocycles. The largest absolute Gasteiger partial charge is 0.478 e. The first kappa shape index (κ1) is 13.9. The molecule has 0 spiro atoms. The Kier molecular flexibility index (Phi) is 4.43. The fraction of sp³-hybridized carbons (Fsp3) is 0.533. The number of hydrogen-bond donors (Lipinski definition) is 1. The highest BCUT2D eigenvalue weighted by atomic mass is 16.5. The highest BCUT2D eigenvalue weighted by Crippen LogP contribution is 2.25. The first-order valence-electron chi connectivity index (χ1n) is 6.69. The number of nitrogens with zero attached hydrogens (tertiary/aromatic N) is 1. The van der Waals surface area contributed by atoms with Crippen LogP contribution in [0.1, 0.15) is 28.8 Å². The zero-order valence-corrected chi connectivity index (χ0v) is 11.6. The van der Waals surface area contributed by atoms with Gasteiger partial charge in [-0.25, -0.2) is 4.79 Å². The van der Waals surface area contributed by atoms with E-state index in [1.165, 1.54) is 0 Å². The van der Waals surface area contributed by atoms with Gasteiger partial charge >= 0.3 is 5.97 Å². The van der Waals surface area contributed by atoms with Crippen molar-refractivity contribution in [3.63, 3.8) is 0 Å². The van der Waals surface area contributed by atoms with E-state index in [-0.39, 0.29) is 0 Å². The molecule has 1 aromatic carbocycles. The third-order valence-corrected chi connectivity index (χ3v) is 3.82. The van der Waals surface area contributed by atoms with Crippen LogP contribution in [0.3, 0.4) is 0 Å². The number of benzene rings is 1. The number of carboxylic acid groups (broad SMARTS) is 1. The normalized spacial score (nSPS) is 16.6. The van der Waals surface area contributed by atoms with Crippen LogP contribution in [0, 0.1) is 12.8 Å². The average Bonchev–Trinajstić information content (AvgIpc) is 2.39. The molecule has 0 amide bonds. The lowest BCUT2D eigenvalue weighted by molar-refractivity contribution is 0.0696. The van der Waals surface area contributed by atoms with Crippen LogP contribution in [-0.2, 0) is 4.74 Å². The van der Waals surface area contributed by atoms with Gasteiger partial charge in [0, 0.05) is 32.5 Å². The van der Waals surface area contributed by atoms with Crippen molar-refractivity contribution >= 4 is 11.7 Å². The highest BCUT2D eigenvalue weighted by Gasteiger charge is 2.20. The molecule has 1 aromatic rings. The molecule has 2 rings (SSSR count). The summed E-state index contributed by atoms with van der Waals surface area (Å²) in [6.07, 6.45) is 2.27. The lowest BCUT2D eigenvalue weighted by Gasteiger charge is -2.33. The molecule has 1 heterocycles. The maximum atomic E-state index is 11.0. The monoisotopic (exact) mass is 263 g/mol. The van der Waals surface area contributed by atoms with E-state index in [1.807, 2.05) is 19.1 Å². The van der Waals surface area contributed by atoms with Crippen LogP contribution in [0.25, 0.3) is 0 Å². The summed E-state index contributed by atoms with van der Waals surface area (Å²) in [4.78, 5) is 13.3. The van der Waals surface area contributed by atoms with Crippen molar-refractivity contribution in [3.05, 3.63) is 29.3 Å².